The summed E-state index contributed by atoms with van der Waals surface area (Å²) >= 11 is 0. The van der Waals surface area contributed by atoms with E-state index in [4.69, 9.17) is 0 Å². The van der Waals surface area contributed by atoms with E-state index < -0.39 is 0 Å². The number of aryl methyl sites for hydroxylation is 1. The van der Waals surface area contributed by atoms with Crippen LogP contribution in [0.3, 0.4) is 0 Å². The van der Waals surface area contributed by atoms with Crippen LogP contribution in [-0.4, -0.2) is 4.57 Å². The Morgan fingerprint density at radius 1 is 0.654 bits per heavy atom. The van der Waals surface area contributed by atoms with Crippen LogP contribution in [0.2, 0.25) is 0 Å². The molecule has 0 saturated carbocycles. The van der Waals surface area contributed by atoms with Gasteiger partial charge in [-0.15, -0.1) is 0 Å². The van der Waals surface area contributed by atoms with Gasteiger partial charge in [-0.25, -0.2) is 0 Å². The lowest BCUT2D eigenvalue weighted by Gasteiger charge is -2.11. The summed E-state index contributed by atoms with van der Waals surface area (Å²) in [5, 5.41) is 4.02. The Kier molecular flexibility index (Phi) is 2.60. The summed E-state index contributed by atoms with van der Waals surface area (Å²) in [4.78, 5) is 0. The van der Waals surface area contributed by atoms with Gasteiger partial charge in [0.1, 0.15) is 0 Å². The Balaban J connectivity index is 1.84. The molecule has 0 spiro atoms. The Bertz CT molecular complexity index is 1310. The molecule has 1 nitrogen and oxygen atoms in total. The third-order valence-electron chi connectivity index (χ3n) is 5.60. The fraction of sp³-hybridized carbons (Fsp3) is 0.0400. The van der Waals surface area contributed by atoms with Crippen LogP contribution in [0.15, 0.2) is 84.9 Å². The highest BCUT2D eigenvalue weighted by molar-refractivity contribution is 6.21. The maximum atomic E-state index is 2.43. The average molecular weight is 331 g/mol. The first-order chi connectivity index (χ1) is 12.8. The summed E-state index contributed by atoms with van der Waals surface area (Å²) in [6.45, 7) is 2.14. The van der Waals surface area contributed by atoms with Crippen LogP contribution in [0, 0.1) is 6.92 Å². The van der Waals surface area contributed by atoms with Gasteiger partial charge < -0.3 is 4.57 Å². The summed E-state index contributed by atoms with van der Waals surface area (Å²) in [5.74, 6) is 0. The third kappa shape index (κ3) is 1.65. The van der Waals surface area contributed by atoms with Crippen LogP contribution in [-0.2, 0) is 0 Å². The van der Waals surface area contributed by atoms with E-state index in [0.29, 0.717) is 0 Å². The van der Waals surface area contributed by atoms with Crippen molar-refractivity contribution in [3.05, 3.63) is 90.5 Å². The summed E-state index contributed by atoms with van der Waals surface area (Å²) in [6.07, 6.45) is 0. The van der Waals surface area contributed by atoms with Crippen molar-refractivity contribution in [2.75, 3.05) is 0 Å². The van der Waals surface area contributed by atoms with Crippen molar-refractivity contribution >= 4 is 21.7 Å². The minimum Gasteiger partial charge on any atom is -0.309 e. The highest BCUT2D eigenvalue weighted by Crippen LogP contribution is 2.52. The first-order valence-electron chi connectivity index (χ1n) is 9.06. The molecule has 0 radical (unpaired) electrons. The SMILES string of the molecule is Cc1ccc(-n2c3c(c4ccccc42)-c2cccc4cccc-3c24)cc1. The standard InChI is InChI=1S/C25H17N/c1-16-12-14-18(15-13-16)26-22-11-3-2-8-19(22)24-20-9-4-6-17-7-5-10-21(23(17)20)25(24)26/h2-15H,1H3. The molecule has 0 saturated heterocycles. The van der Waals surface area contributed by atoms with Crippen molar-refractivity contribution in [1.82, 2.24) is 4.57 Å². The molecule has 0 atom stereocenters. The molecule has 0 unspecified atom stereocenters. The molecule has 0 aliphatic heterocycles. The molecule has 1 aliphatic carbocycles. The number of nitrogens with zero attached hydrogens (tertiary/aromatic N) is 1. The van der Waals surface area contributed by atoms with E-state index in [0.717, 1.165) is 0 Å². The van der Waals surface area contributed by atoms with Gasteiger partial charge in [0.15, 0.2) is 0 Å². The van der Waals surface area contributed by atoms with Crippen LogP contribution in [0.5, 0.6) is 0 Å². The second-order valence-corrected chi connectivity index (χ2v) is 7.12. The van der Waals surface area contributed by atoms with Crippen molar-refractivity contribution in [2.24, 2.45) is 0 Å². The lowest BCUT2D eigenvalue weighted by atomic mass is 10.0. The topological polar surface area (TPSA) is 4.93 Å². The van der Waals surface area contributed by atoms with Gasteiger partial charge in [0, 0.05) is 22.2 Å². The zero-order valence-electron chi connectivity index (χ0n) is 14.5. The second kappa shape index (κ2) is 4.86. The lowest BCUT2D eigenvalue weighted by Crippen LogP contribution is -1.96. The fourth-order valence-electron chi connectivity index (χ4n) is 4.48. The zero-order chi connectivity index (χ0) is 17.3. The first kappa shape index (κ1) is 13.9. The van der Waals surface area contributed by atoms with Crippen molar-refractivity contribution in [2.45, 2.75) is 6.92 Å². The van der Waals surface area contributed by atoms with Gasteiger partial charge in [-0.1, -0.05) is 72.3 Å². The maximum absolute atomic E-state index is 2.43. The minimum atomic E-state index is 1.22. The van der Waals surface area contributed by atoms with Crippen LogP contribution in [0.25, 0.3) is 49.7 Å². The van der Waals surface area contributed by atoms with E-state index in [2.05, 4.69) is 96.4 Å². The number of hydrogen-bond donors (Lipinski definition) is 0. The van der Waals surface area contributed by atoms with E-state index in [1.165, 1.54) is 55.3 Å². The number of para-hydroxylation sites is 1. The van der Waals surface area contributed by atoms with E-state index in [1.807, 2.05) is 0 Å². The molecule has 6 rings (SSSR count). The van der Waals surface area contributed by atoms with Crippen LogP contribution < -0.4 is 0 Å². The molecule has 0 bridgehead atoms. The highest BCUT2D eigenvalue weighted by atomic mass is 15.0. The molecule has 0 amide bonds. The first-order valence-corrected chi connectivity index (χ1v) is 9.06. The van der Waals surface area contributed by atoms with E-state index in [9.17, 15) is 0 Å². The molecule has 5 aromatic rings. The largest absolute Gasteiger partial charge is 0.309 e. The third-order valence-corrected chi connectivity index (χ3v) is 5.60. The van der Waals surface area contributed by atoms with Crippen molar-refractivity contribution in [3.63, 3.8) is 0 Å². The summed E-state index contributed by atoms with van der Waals surface area (Å²) < 4.78 is 2.43. The average Bonchev–Trinajstić information content (AvgIpc) is 3.19. The Morgan fingerprint density at radius 2 is 1.38 bits per heavy atom. The molecule has 1 aliphatic rings. The monoisotopic (exact) mass is 331 g/mol. The Labute approximate surface area is 152 Å². The quantitative estimate of drug-likeness (QED) is 0.314. The van der Waals surface area contributed by atoms with Gasteiger partial charge in [-0.2, -0.15) is 0 Å². The van der Waals surface area contributed by atoms with Crippen molar-refractivity contribution in [1.29, 1.82) is 0 Å². The van der Waals surface area contributed by atoms with Gasteiger partial charge in [0.05, 0.1) is 11.2 Å². The second-order valence-electron chi connectivity index (χ2n) is 7.12. The van der Waals surface area contributed by atoms with E-state index in [1.54, 1.807) is 0 Å². The van der Waals surface area contributed by atoms with Crippen LogP contribution in [0.1, 0.15) is 5.56 Å². The molecule has 4 aromatic carbocycles. The van der Waals surface area contributed by atoms with E-state index >= 15 is 0 Å². The summed E-state index contributed by atoms with van der Waals surface area (Å²) in [7, 11) is 0. The molecule has 0 N–H and O–H groups in total. The number of rotatable bonds is 1. The molecular weight excluding hydrogens is 314 g/mol. The number of aromatic nitrogens is 1. The van der Waals surface area contributed by atoms with Crippen LogP contribution >= 0.6 is 0 Å². The molecule has 0 fully saturated rings. The van der Waals surface area contributed by atoms with Crippen LogP contribution in [0.4, 0.5) is 0 Å². The van der Waals surface area contributed by atoms with Gasteiger partial charge >= 0.3 is 0 Å². The normalized spacial score (nSPS) is 12.0. The summed E-state index contributed by atoms with van der Waals surface area (Å²) in [5.41, 5.74) is 9.16. The molecule has 26 heavy (non-hydrogen) atoms. The lowest BCUT2D eigenvalue weighted by molar-refractivity contribution is 1.14. The number of hydrogen-bond acceptors (Lipinski definition) is 0. The van der Waals surface area contributed by atoms with Crippen molar-refractivity contribution in [3.8, 4) is 28.1 Å². The Morgan fingerprint density at radius 3 is 2.19 bits per heavy atom. The predicted molar refractivity (Wildman–Crippen MR) is 110 cm³/mol. The van der Waals surface area contributed by atoms with Gasteiger partial charge in [0.2, 0.25) is 0 Å². The molecule has 1 heterocycles. The molecule has 1 aromatic heterocycles. The highest BCUT2D eigenvalue weighted by Gasteiger charge is 2.28. The number of fused-ring (bicyclic) bond motifs is 5. The molecule has 1 heteroatoms. The smallest absolute Gasteiger partial charge is 0.0626 e. The predicted octanol–water partition coefficient (Wildman–Crippen LogP) is 6.74. The molecular formula is C25H17N. The summed E-state index contributed by atoms with van der Waals surface area (Å²) in [6, 6.07) is 30.9. The van der Waals surface area contributed by atoms with Crippen molar-refractivity contribution < 1.29 is 0 Å². The van der Waals surface area contributed by atoms with Gasteiger partial charge in [-0.05, 0) is 41.5 Å². The molecule has 122 valence electrons. The number of benzene rings is 4. The van der Waals surface area contributed by atoms with E-state index in [-0.39, 0.29) is 0 Å². The fourth-order valence-corrected chi connectivity index (χ4v) is 4.48. The van der Waals surface area contributed by atoms with Gasteiger partial charge in [-0.3, -0.25) is 0 Å². The maximum Gasteiger partial charge on any atom is 0.0626 e. The van der Waals surface area contributed by atoms with Gasteiger partial charge in [0.25, 0.3) is 0 Å². The minimum absolute atomic E-state index is 1.22. The zero-order valence-corrected chi connectivity index (χ0v) is 14.5. The Hall–Kier alpha value is -3.32.